The molecule has 18 heavy (non-hydrogen) atoms. The lowest BCUT2D eigenvalue weighted by Crippen LogP contribution is -2.25. The van der Waals surface area contributed by atoms with Gasteiger partial charge in [-0.3, -0.25) is 10.1 Å². The maximum Gasteiger partial charge on any atom is 0.305 e. The monoisotopic (exact) mass is 255 g/mol. The predicted octanol–water partition coefficient (Wildman–Crippen LogP) is 2.68. The van der Waals surface area contributed by atoms with Crippen LogP contribution in [0.25, 0.3) is 0 Å². The van der Waals surface area contributed by atoms with E-state index in [0.29, 0.717) is 6.61 Å². The second kappa shape index (κ2) is 5.77. The van der Waals surface area contributed by atoms with Crippen molar-refractivity contribution in [1.29, 1.82) is 0 Å². The van der Waals surface area contributed by atoms with Crippen LogP contribution in [0.3, 0.4) is 0 Å². The van der Waals surface area contributed by atoms with Gasteiger partial charge in [0.15, 0.2) is 0 Å². The Labute approximate surface area is 104 Å². The van der Waals surface area contributed by atoms with Crippen LogP contribution in [0.1, 0.15) is 19.3 Å². The summed E-state index contributed by atoms with van der Waals surface area (Å²) >= 11 is 0. The van der Waals surface area contributed by atoms with Crippen LogP contribution in [0.2, 0.25) is 0 Å². The van der Waals surface area contributed by atoms with Crippen LogP contribution in [0.5, 0.6) is 5.75 Å². The summed E-state index contributed by atoms with van der Waals surface area (Å²) in [7, 11) is 0. The van der Waals surface area contributed by atoms with E-state index < -0.39 is 16.4 Å². The topological polar surface area (TPSA) is 61.6 Å². The van der Waals surface area contributed by atoms with Crippen molar-refractivity contribution in [3.8, 4) is 5.75 Å². The zero-order valence-electron chi connectivity index (χ0n) is 9.80. The van der Waals surface area contributed by atoms with E-state index in [-0.39, 0.29) is 11.9 Å². The predicted molar refractivity (Wildman–Crippen MR) is 62.1 cm³/mol. The molecule has 1 atom stereocenters. The van der Waals surface area contributed by atoms with Gasteiger partial charge in [0.1, 0.15) is 12.4 Å². The maximum absolute atomic E-state index is 13.3. The molecule has 0 saturated carbocycles. The average molecular weight is 255 g/mol. The highest BCUT2D eigenvalue weighted by Crippen LogP contribution is 2.23. The second-order valence-corrected chi connectivity index (χ2v) is 4.17. The highest BCUT2D eigenvalue weighted by atomic mass is 19.1. The first-order valence-electron chi connectivity index (χ1n) is 5.85. The molecular weight excluding hydrogens is 241 g/mol. The quantitative estimate of drug-likeness (QED) is 0.613. The van der Waals surface area contributed by atoms with Crippen molar-refractivity contribution < 1.29 is 18.8 Å². The zero-order chi connectivity index (χ0) is 13.0. The van der Waals surface area contributed by atoms with Gasteiger partial charge in [-0.15, -0.1) is 0 Å². The summed E-state index contributed by atoms with van der Waals surface area (Å²) in [4.78, 5) is 9.68. The summed E-state index contributed by atoms with van der Waals surface area (Å²) in [6.45, 7) is 1.07. The number of ether oxygens (including phenoxy) is 2. The van der Waals surface area contributed by atoms with Crippen molar-refractivity contribution in [2.24, 2.45) is 0 Å². The van der Waals surface area contributed by atoms with Crippen LogP contribution < -0.4 is 4.74 Å². The number of benzene rings is 1. The van der Waals surface area contributed by atoms with Crippen molar-refractivity contribution in [3.05, 3.63) is 34.1 Å². The van der Waals surface area contributed by atoms with Gasteiger partial charge in [0.2, 0.25) is 5.82 Å². The van der Waals surface area contributed by atoms with E-state index in [1.807, 2.05) is 0 Å². The van der Waals surface area contributed by atoms with Crippen LogP contribution in [0.4, 0.5) is 10.1 Å². The van der Waals surface area contributed by atoms with Crippen molar-refractivity contribution in [3.63, 3.8) is 0 Å². The smallest absolute Gasteiger partial charge is 0.305 e. The van der Waals surface area contributed by atoms with Crippen molar-refractivity contribution in [2.45, 2.75) is 25.4 Å². The summed E-state index contributed by atoms with van der Waals surface area (Å²) < 4.78 is 24.2. The average Bonchev–Trinajstić information content (AvgIpc) is 2.37. The molecule has 0 aliphatic carbocycles. The molecule has 1 fully saturated rings. The number of rotatable bonds is 4. The van der Waals surface area contributed by atoms with Gasteiger partial charge in [-0.2, -0.15) is 4.39 Å². The zero-order valence-corrected chi connectivity index (χ0v) is 9.80. The molecule has 0 aromatic heterocycles. The van der Waals surface area contributed by atoms with Crippen LogP contribution in [0, 0.1) is 15.9 Å². The van der Waals surface area contributed by atoms with Gasteiger partial charge >= 0.3 is 5.69 Å². The van der Waals surface area contributed by atoms with Gasteiger partial charge in [0.25, 0.3) is 0 Å². The lowest BCUT2D eigenvalue weighted by Gasteiger charge is -2.22. The van der Waals surface area contributed by atoms with E-state index >= 15 is 0 Å². The SMILES string of the molecule is O=[N+]([O-])c1ccc(OCC2CCCCO2)cc1F. The van der Waals surface area contributed by atoms with E-state index in [9.17, 15) is 14.5 Å². The molecule has 1 aromatic rings. The molecule has 6 heteroatoms. The summed E-state index contributed by atoms with van der Waals surface area (Å²) in [5.41, 5.74) is -0.545. The van der Waals surface area contributed by atoms with E-state index in [4.69, 9.17) is 9.47 Å². The third-order valence-electron chi connectivity index (χ3n) is 2.83. The Morgan fingerprint density at radius 2 is 2.33 bits per heavy atom. The Hall–Kier alpha value is -1.69. The molecule has 1 aromatic carbocycles. The highest BCUT2D eigenvalue weighted by Gasteiger charge is 2.17. The number of nitro groups is 1. The van der Waals surface area contributed by atoms with Gasteiger partial charge in [-0.05, 0) is 25.3 Å². The van der Waals surface area contributed by atoms with E-state index in [2.05, 4.69) is 0 Å². The third kappa shape index (κ3) is 3.16. The Balaban J connectivity index is 1.93. The van der Waals surface area contributed by atoms with Crippen LogP contribution in [-0.4, -0.2) is 24.2 Å². The van der Waals surface area contributed by atoms with Crippen molar-refractivity contribution in [2.75, 3.05) is 13.2 Å². The van der Waals surface area contributed by atoms with Crippen LogP contribution >= 0.6 is 0 Å². The lowest BCUT2D eigenvalue weighted by atomic mass is 10.1. The standard InChI is InChI=1S/C12H14FNO4/c13-11-7-9(4-5-12(11)14(15)16)18-8-10-3-1-2-6-17-10/h4-5,7,10H,1-3,6,8H2. The summed E-state index contributed by atoms with van der Waals surface area (Å²) in [6, 6.07) is 3.53. The van der Waals surface area contributed by atoms with Gasteiger partial charge in [0, 0.05) is 18.7 Å². The molecule has 0 radical (unpaired) electrons. The molecule has 0 bridgehead atoms. The molecule has 1 aliphatic heterocycles. The molecule has 1 saturated heterocycles. The Kier molecular flexibility index (Phi) is 4.09. The number of halogens is 1. The molecular formula is C12H14FNO4. The van der Waals surface area contributed by atoms with E-state index in [1.54, 1.807) is 0 Å². The third-order valence-corrected chi connectivity index (χ3v) is 2.83. The van der Waals surface area contributed by atoms with Crippen LogP contribution in [0.15, 0.2) is 18.2 Å². The molecule has 5 nitrogen and oxygen atoms in total. The molecule has 1 heterocycles. The lowest BCUT2D eigenvalue weighted by molar-refractivity contribution is -0.387. The van der Waals surface area contributed by atoms with Gasteiger partial charge in [-0.1, -0.05) is 0 Å². The molecule has 0 spiro atoms. The first-order valence-corrected chi connectivity index (χ1v) is 5.85. The first-order chi connectivity index (χ1) is 8.66. The first kappa shape index (κ1) is 12.8. The Morgan fingerprint density at radius 3 is 2.94 bits per heavy atom. The highest BCUT2D eigenvalue weighted by molar-refractivity contribution is 5.37. The van der Waals surface area contributed by atoms with E-state index in [0.717, 1.165) is 38.0 Å². The molecule has 2 rings (SSSR count). The fraction of sp³-hybridized carbons (Fsp3) is 0.500. The fourth-order valence-electron chi connectivity index (χ4n) is 1.85. The molecule has 98 valence electrons. The number of nitrogens with zero attached hydrogens (tertiary/aromatic N) is 1. The number of hydrogen-bond acceptors (Lipinski definition) is 4. The van der Waals surface area contributed by atoms with Crippen LogP contribution in [-0.2, 0) is 4.74 Å². The van der Waals surface area contributed by atoms with Crippen molar-refractivity contribution in [1.82, 2.24) is 0 Å². The number of hydrogen-bond donors (Lipinski definition) is 0. The molecule has 0 amide bonds. The van der Waals surface area contributed by atoms with Gasteiger partial charge < -0.3 is 9.47 Å². The Bertz CT molecular complexity index is 432. The summed E-state index contributed by atoms with van der Waals surface area (Å²) in [5, 5.41) is 10.4. The Morgan fingerprint density at radius 1 is 1.50 bits per heavy atom. The number of nitro benzene ring substituents is 1. The normalized spacial score (nSPS) is 19.5. The molecule has 0 N–H and O–H groups in total. The summed E-state index contributed by atoms with van der Waals surface area (Å²) in [6.07, 6.45) is 3.11. The maximum atomic E-state index is 13.3. The van der Waals surface area contributed by atoms with Gasteiger partial charge in [-0.25, -0.2) is 0 Å². The fourth-order valence-corrected chi connectivity index (χ4v) is 1.85. The minimum atomic E-state index is -0.887. The second-order valence-electron chi connectivity index (χ2n) is 4.17. The van der Waals surface area contributed by atoms with Crippen molar-refractivity contribution >= 4 is 5.69 Å². The van der Waals surface area contributed by atoms with E-state index in [1.165, 1.54) is 6.07 Å². The largest absolute Gasteiger partial charge is 0.491 e. The summed E-state index contributed by atoms with van der Waals surface area (Å²) in [5.74, 6) is -0.602. The minimum absolute atomic E-state index is 0.0250. The molecule has 1 aliphatic rings. The molecule has 1 unspecified atom stereocenters. The van der Waals surface area contributed by atoms with Gasteiger partial charge in [0.05, 0.1) is 11.0 Å². The minimum Gasteiger partial charge on any atom is -0.491 e.